The third kappa shape index (κ3) is 1.90. The van der Waals surface area contributed by atoms with E-state index in [2.05, 4.69) is 15.5 Å². The van der Waals surface area contributed by atoms with Crippen LogP contribution in [-0.2, 0) is 6.42 Å². The average molecular weight is 197 g/mol. The molecule has 1 aromatic heterocycles. The number of hydrogen-bond acceptors (Lipinski definition) is 5. The van der Waals surface area contributed by atoms with E-state index in [9.17, 15) is 4.79 Å². The van der Waals surface area contributed by atoms with Crippen molar-refractivity contribution in [2.75, 3.05) is 6.54 Å². The van der Waals surface area contributed by atoms with Crippen LogP contribution in [0.15, 0.2) is 4.52 Å². The van der Waals surface area contributed by atoms with Crippen molar-refractivity contribution in [2.24, 2.45) is 0 Å². The van der Waals surface area contributed by atoms with Gasteiger partial charge in [0.1, 0.15) is 0 Å². The molecule has 0 saturated carbocycles. The summed E-state index contributed by atoms with van der Waals surface area (Å²) in [5.74, 6) is -1.03. The fourth-order valence-corrected chi connectivity index (χ4v) is 1.57. The van der Waals surface area contributed by atoms with Gasteiger partial charge >= 0.3 is 5.97 Å². The molecule has 1 fully saturated rings. The van der Waals surface area contributed by atoms with Gasteiger partial charge in [-0.1, -0.05) is 0 Å². The zero-order valence-electron chi connectivity index (χ0n) is 7.56. The molecule has 0 bridgehead atoms. The maximum Gasteiger partial charge on any atom is 0.377 e. The van der Waals surface area contributed by atoms with Gasteiger partial charge in [-0.3, -0.25) is 0 Å². The SMILES string of the molecule is O=C(O)c1noc(CC2CCCN2)n1. The zero-order valence-corrected chi connectivity index (χ0v) is 7.56. The molecule has 14 heavy (non-hydrogen) atoms. The highest BCUT2D eigenvalue weighted by Crippen LogP contribution is 2.10. The van der Waals surface area contributed by atoms with Crippen LogP contribution in [0.2, 0.25) is 0 Å². The maximum atomic E-state index is 10.5. The Kier molecular flexibility index (Phi) is 2.45. The fraction of sp³-hybridized carbons (Fsp3) is 0.625. The lowest BCUT2D eigenvalue weighted by Crippen LogP contribution is -2.23. The van der Waals surface area contributed by atoms with Gasteiger partial charge in [0.05, 0.1) is 0 Å². The maximum absolute atomic E-state index is 10.5. The lowest BCUT2D eigenvalue weighted by Gasteiger charge is -2.04. The summed E-state index contributed by atoms with van der Waals surface area (Å²) in [5.41, 5.74) is 0. The Labute approximate surface area is 80.3 Å². The van der Waals surface area contributed by atoms with Gasteiger partial charge in [0.25, 0.3) is 5.82 Å². The molecule has 0 aliphatic carbocycles. The number of nitrogens with one attached hydrogen (secondary N) is 1. The quantitative estimate of drug-likeness (QED) is 0.712. The van der Waals surface area contributed by atoms with Crippen LogP contribution in [0.4, 0.5) is 0 Å². The number of aromatic nitrogens is 2. The van der Waals surface area contributed by atoms with Gasteiger partial charge in [-0.05, 0) is 24.5 Å². The van der Waals surface area contributed by atoms with Gasteiger partial charge in [0, 0.05) is 12.5 Å². The molecule has 6 nitrogen and oxygen atoms in total. The molecule has 1 saturated heterocycles. The van der Waals surface area contributed by atoms with Crippen LogP contribution in [0.1, 0.15) is 29.4 Å². The number of hydrogen-bond donors (Lipinski definition) is 2. The first-order chi connectivity index (χ1) is 6.75. The summed E-state index contributed by atoms with van der Waals surface area (Å²) in [5, 5.41) is 15.2. The second-order valence-electron chi connectivity index (χ2n) is 3.31. The molecule has 2 N–H and O–H groups in total. The van der Waals surface area contributed by atoms with Crippen LogP contribution in [0.5, 0.6) is 0 Å². The molecule has 1 aliphatic heterocycles. The average Bonchev–Trinajstić information content (AvgIpc) is 2.75. The Bertz CT molecular complexity index is 330. The van der Waals surface area contributed by atoms with Crippen LogP contribution >= 0.6 is 0 Å². The molecule has 6 heteroatoms. The Morgan fingerprint density at radius 3 is 3.14 bits per heavy atom. The Balaban J connectivity index is 1.98. The van der Waals surface area contributed by atoms with Crippen LogP contribution in [0.3, 0.4) is 0 Å². The van der Waals surface area contributed by atoms with E-state index in [4.69, 9.17) is 9.63 Å². The minimum absolute atomic E-state index is 0.266. The van der Waals surface area contributed by atoms with E-state index in [0.717, 1.165) is 19.4 Å². The summed E-state index contributed by atoms with van der Waals surface area (Å²) < 4.78 is 4.81. The van der Waals surface area contributed by atoms with Crippen molar-refractivity contribution in [2.45, 2.75) is 25.3 Å². The summed E-state index contributed by atoms with van der Waals surface area (Å²) in [4.78, 5) is 14.2. The van der Waals surface area contributed by atoms with Crippen LogP contribution in [-0.4, -0.2) is 33.8 Å². The molecule has 0 radical (unpaired) electrons. The second-order valence-corrected chi connectivity index (χ2v) is 3.31. The van der Waals surface area contributed by atoms with Gasteiger partial charge in [-0.15, -0.1) is 0 Å². The highest BCUT2D eigenvalue weighted by atomic mass is 16.5. The monoisotopic (exact) mass is 197 g/mol. The predicted molar refractivity (Wildman–Crippen MR) is 46.0 cm³/mol. The summed E-state index contributed by atoms with van der Waals surface area (Å²) in [6.07, 6.45) is 2.83. The molecule has 2 heterocycles. The lowest BCUT2D eigenvalue weighted by molar-refractivity contribution is 0.0680. The predicted octanol–water partition coefficient (Wildman–Crippen LogP) is 0.0623. The van der Waals surface area contributed by atoms with Crippen LogP contribution < -0.4 is 5.32 Å². The van der Waals surface area contributed by atoms with E-state index < -0.39 is 5.97 Å². The van der Waals surface area contributed by atoms with Crippen molar-refractivity contribution in [3.8, 4) is 0 Å². The summed E-state index contributed by atoms with van der Waals surface area (Å²) in [7, 11) is 0. The third-order valence-corrected chi connectivity index (χ3v) is 2.24. The molecule has 76 valence electrons. The first-order valence-corrected chi connectivity index (χ1v) is 4.55. The van der Waals surface area contributed by atoms with Gasteiger partial charge < -0.3 is 14.9 Å². The topological polar surface area (TPSA) is 88.2 Å². The molecule has 1 aromatic rings. The number of carboxylic acid groups (broad SMARTS) is 1. The van der Waals surface area contributed by atoms with E-state index in [1.165, 1.54) is 0 Å². The number of carbonyl (C=O) groups is 1. The second kappa shape index (κ2) is 3.75. The van der Waals surface area contributed by atoms with Gasteiger partial charge in [-0.25, -0.2) is 4.79 Å². The van der Waals surface area contributed by atoms with Crippen LogP contribution in [0.25, 0.3) is 0 Å². The zero-order chi connectivity index (χ0) is 9.97. The fourth-order valence-electron chi connectivity index (χ4n) is 1.57. The largest absolute Gasteiger partial charge is 0.475 e. The molecular formula is C8H11N3O3. The first-order valence-electron chi connectivity index (χ1n) is 4.55. The number of carboxylic acids is 1. The van der Waals surface area contributed by atoms with Crippen molar-refractivity contribution >= 4 is 5.97 Å². The molecule has 1 aliphatic rings. The van der Waals surface area contributed by atoms with E-state index in [-0.39, 0.29) is 5.82 Å². The highest BCUT2D eigenvalue weighted by Gasteiger charge is 2.19. The molecule has 1 atom stereocenters. The smallest absolute Gasteiger partial charge is 0.377 e. The van der Waals surface area contributed by atoms with Crippen molar-refractivity contribution in [1.82, 2.24) is 15.5 Å². The van der Waals surface area contributed by atoms with Gasteiger partial charge in [-0.2, -0.15) is 4.98 Å². The third-order valence-electron chi connectivity index (χ3n) is 2.24. The molecule has 2 rings (SSSR count). The van der Waals surface area contributed by atoms with Crippen molar-refractivity contribution in [3.05, 3.63) is 11.7 Å². The summed E-state index contributed by atoms with van der Waals surface area (Å²) in [6.45, 7) is 1.00. The van der Waals surface area contributed by atoms with Crippen molar-refractivity contribution in [3.63, 3.8) is 0 Å². The van der Waals surface area contributed by atoms with E-state index >= 15 is 0 Å². The Morgan fingerprint density at radius 1 is 1.71 bits per heavy atom. The molecule has 1 unspecified atom stereocenters. The lowest BCUT2D eigenvalue weighted by atomic mass is 10.2. The van der Waals surface area contributed by atoms with E-state index in [1.807, 2.05) is 0 Å². The molecule has 0 aromatic carbocycles. The number of aromatic carboxylic acids is 1. The number of nitrogens with zero attached hydrogens (tertiary/aromatic N) is 2. The van der Waals surface area contributed by atoms with E-state index in [0.29, 0.717) is 18.4 Å². The minimum atomic E-state index is -1.15. The summed E-state index contributed by atoms with van der Waals surface area (Å²) >= 11 is 0. The molecule has 0 spiro atoms. The van der Waals surface area contributed by atoms with E-state index in [1.54, 1.807) is 0 Å². The molecule has 0 amide bonds. The van der Waals surface area contributed by atoms with Crippen molar-refractivity contribution in [1.29, 1.82) is 0 Å². The minimum Gasteiger partial charge on any atom is -0.475 e. The normalized spacial score (nSPS) is 21.3. The van der Waals surface area contributed by atoms with Gasteiger partial charge in [0.15, 0.2) is 0 Å². The number of rotatable bonds is 3. The van der Waals surface area contributed by atoms with Crippen molar-refractivity contribution < 1.29 is 14.4 Å². The highest BCUT2D eigenvalue weighted by molar-refractivity contribution is 5.82. The standard InChI is InChI=1S/C8H11N3O3/c12-8(13)7-10-6(14-11-7)4-5-2-1-3-9-5/h5,9H,1-4H2,(H,12,13). The Hall–Kier alpha value is -1.43. The molecular weight excluding hydrogens is 186 g/mol. The summed E-state index contributed by atoms with van der Waals surface area (Å²) in [6, 6.07) is 0.345. The Morgan fingerprint density at radius 2 is 2.57 bits per heavy atom. The van der Waals surface area contributed by atoms with Crippen LogP contribution in [0, 0.1) is 0 Å². The first kappa shape index (κ1) is 9.14. The van der Waals surface area contributed by atoms with Gasteiger partial charge in [0.2, 0.25) is 5.89 Å².